The Morgan fingerprint density at radius 2 is 2.14 bits per heavy atom. The Labute approximate surface area is 76.8 Å². The second kappa shape index (κ2) is 3.44. The summed E-state index contributed by atoms with van der Waals surface area (Å²) in [6, 6.07) is 0.645. The van der Waals surface area contributed by atoms with Crippen molar-refractivity contribution in [3.05, 3.63) is 17.3 Å². The van der Waals surface area contributed by atoms with Crippen LogP contribution in [0.2, 0.25) is 0 Å². The number of hydrogen-bond donors (Lipinski definition) is 3. The highest BCUT2D eigenvalue weighted by Gasteiger charge is 2.19. The van der Waals surface area contributed by atoms with E-state index in [0.29, 0.717) is 6.07 Å². The third-order valence-corrected chi connectivity index (χ3v) is 1.50. The van der Waals surface area contributed by atoms with Gasteiger partial charge in [-0.2, -0.15) is 0 Å². The van der Waals surface area contributed by atoms with Crippen LogP contribution < -0.4 is 5.73 Å². The molecule has 1 heterocycles. The lowest BCUT2D eigenvalue weighted by molar-refractivity contribution is 0.0696. The van der Waals surface area contributed by atoms with Crippen molar-refractivity contribution in [2.75, 3.05) is 5.73 Å². The molecule has 4 N–H and O–H groups in total. The Balaban J connectivity index is 3.31. The van der Waals surface area contributed by atoms with Gasteiger partial charge in [0.25, 0.3) is 6.43 Å². The van der Waals surface area contributed by atoms with Crippen LogP contribution >= 0.6 is 0 Å². The van der Waals surface area contributed by atoms with Gasteiger partial charge >= 0.3 is 5.97 Å². The first-order valence-corrected chi connectivity index (χ1v) is 3.44. The summed E-state index contributed by atoms with van der Waals surface area (Å²) in [5.41, 5.74) is 3.66. The number of rotatable bonds is 2. The Kier molecular flexibility index (Phi) is 2.50. The smallest absolute Gasteiger partial charge is 0.339 e. The Morgan fingerprint density at radius 1 is 1.57 bits per heavy atom. The van der Waals surface area contributed by atoms with Gasteiger partial charge in [-0.15, -0.1) is 0 Å². The first-order chi connectivity index (χ1) is 6.43. The predicted molar refractivity (Wildman–Crippen MR) is 42.2 cm³/mol. The highest BCUT2D eigenvalue weighted by molar-refractivity contribution is 5.93. The maximum atomic E-state index is 12.1. The number of carbonyl (C=O) groups is 1. The zero-order valence-electron chi connectivity index (χ0n) is 6.74. The molecule has 0 aliphatic carbocycles. The minimum atomic E-state index is -3.00. The molecule has 0 atom stereocenters. The van der Waals surface area contributed by atoms with Gasteiger partial charge in [-0.05, 0) is 0 Å². The van der Waals surface area contributed by atoms with E-state index in [0.717, 1.165) is 0 Å². The van der Waals surface area contributed by atoms with E-state index in [1.54, 1.807) is 0 Å². The molecular formula is C7H6F2N2O3. The van der Waals surface area contributed by atoms with Crippen molar-refractivity contribution in [3.63, 3.8) is 0 Å². The van der Waals surface area contributed by atoms with E-state index in [1.165, 1.54) is 0 Å². The molecule has 0 aliphatic heterocycles. The van der Waals surface area contributed by atoms with Crippen LogP contribution in [0.5, 0.6) is 5.75 Å². The second-order valence-corrected chi connectivity index (χ2v) is 2.43. The van der Waals surface area contributed by atoms with Gasteiger partial charge in [0.15, 0.2) is 5.69 Å². The average Bonchev–Trinajstić information content (AvgIpc) is 2.07. The SMILES string of the molecule is Nc1nc(C(F)F)c(O)cc1C(=O)O. The summed E-state index contributed by atoms with van der Waals surface area (Å²) in [7, 11) is 0. The molecule has 0 aromatic carbocycles. The molecule has 7 heteroatoms. The number of anilines is 1. The number of nitrogens with zero attached hydrogens (tertiary/aromatic N) is 1. The fourth-order valence-electron chi connectivity index (χ4n) is 0.864. The summed E-state index contributed by atoms with van der Waals surface area (Å²) in [4.78, 5) is 13.5. The molecule has 0 fully saturated rings. The molecule has 14 heavy (non-hydrogen) atoms. The summed E-state index contributed by atoms with van der Waals surface area (Å²) in [6.07, 6.45) is -3.00. The van der Waals surface area contributed by atoms with Crippen molar-refractivity contribution >= 4 is 11.8 Å². The van der Waals surface area contributed by atoms with E-state index in [2.05, 4.69) is 4.98 Å². The zero-order chi connectivity index (χ0) is 10.9. The van der Waals surface area contributed by atoms with Crippen molar-refractivity contribution in [3.8, 4) is 5.75 Å². The molecule has 0 unspecified atom stereocenters. The lowest BCUT2D eigenvalue weighted by Crippen LogP contribution is -2.06. The lowest BCUT2D eigenvalue weighted by atomic mass is 10.2. The average molecular weight is 204 g/mol. The molecule has 76 valence electrons. The van der Waals surface area contributed by atoms with Gasteiger partial charge < -0.3 is 15.9 Å². The van der Waals surface area contributed by atoms with Crippen molar-refractivity contribution in [1.29, 1.82) is 0 Å². The molecule has 0 amide bonds. The van der Waals surface area contributed by atoms with Crippen LogP contribution in [0, 0.1) is 0 Å². The van der Waals surface area contributed by atoms with E-state index in [9.17, 15) is 13.6 Å². The minimum Gasteiger partial charge on any atom is -0.506 e. The van der Waals surface area contributed by atoms with Gasteiger partial charge in [0, 0.05) is 6.07 Å². The number of hydrogen-bond acceptors (Lipinski definition) is 4. The number of nitrogens with two attached hydrogens (primary N) is 1. The largest absolute Gasteiger partial charge is 0.506 e. The lowest BCUT2D eigenvalue weighted by Gasteiger charge is -2.05. The molecule has 0 spiro atoms. The monoisotopic (exact) mass is 204 g/mol. The Morgan fingerprint density at radius 3 is 2.57 bits per heavy atom. The Hall–Kier alpha value is -1.92. The fraction of sp³-hybridized carbons (Fsp3) is 0.143. The topological polar surface area (TPSA) is 96.4 Å². The van der Waals surface area contributed by atoms with Gasteiger partial charge in [0.05, 0.1) is 0 Å². The maximum Gasteiger partial charge on any atom is 0.339 e. The van der Waals surface area contributed by atoms with E-state index in [4.69, 9.17) is 15.9 Å². The quantitative estimate of drug-likeness (QED) is 0.667. The number of nitrogen functional groups attached to an aromatic ring is 1. The van der Waals surface area contributed by atoms with Gasteiger partial charge in [-0.3, -0.25) is 0 Å². The van der Waals surface area contributed by atoms with Crippen LogP contribution in [-0.2, 0) is 0 Å². The summed E-state index contributed by atoms with van der Waals surface area (Å²) >= 11 is 0. The number of halogens is 2. The van der Waals surface area contributed by atoms with Crippen LogP contribution in [0.15, 0.2) is 6.07 Å². The van der Waals surface area contributed by atoms with Crippen molar-refractivity contribution < 1.29 is 23.8 Å². The number of alkyl halides is 2. The number of pyridine rings is 1. The van der Waals surface area contributed by atoms with Crippen LogP contribution in [0.3, 0.4) is 0 Å². The minimum absolute atomic E-state index is 0.507. The van der Waals surface area contributed by atoms with Gasteiger partial charge in [-0.1, -0.05) is 0 Å². The molecule has 0 saturated heterocycles. The van der Waals surface area contributed by atoms with E-state index >= 15 is 0 Å². The van der Waals surface area contributed by atoms with Gasteiger partial charge in [0.1, 0.15) is 17.1 Å². The molecule has 1 rings (SSSR count). The summed E-state index contributed by atoms with van der Waals surface area (Å²) in [5, 5.41) is 17.5. The molecular weight excluding hydrogens is 198 g/mol. The van der Waals surface area contributed by atoms with Crippen LogP contribution in [0.4, 0.5) is 14.6 Å². The zero-order valence-corrected chi connectivity index (χ0v) is 6.74. The summed E-state index contributed by atoms with van der Waals surface area (Å²) < 4.78 is 24.2. The number of aromatic hydroxyl groups is 1. The van der Waals surface area contributed by atoms with E-state index in [-0.39, 0.29) is 0 Å². The van der Waals surface area contributed by atoms with Gasteiger partial charge in [0.2, 0.25) is 0 Å². The first kappa shape index (κ1) is 10.2. The highest BCUT2D eigenvalue weighted by Crippen LogP contribution is 2.28. The molecule has 0 bridgehead atoms. The molecule has 0 radical (unpaired) electrons. The van der Waals surface area contributed by atoms with E-state index in [1.807, 2.05) is 0 Å². The molecule has 5 nitrogen and oxygen atoms in total. The van der Waals surface area contributed by atoms with Crippen molar-refractivity contribution in [2.45, 2.75) is 6.43 Å². The number of carboxylic acid groups (broad SMARTS) is 1. The predicted octanol–water partition coefficient (Wildman–Crippen LogP) is 1.01. The Bertz CT molecular complexity index is 381. The first-order valence-electron chi connectivity index (χ1n) is 3.44. The number of carboxylic acids is 1. The second-order valence-electron chi connectivity index (χ2n) is 2.43. The van der Waals surface area contributed by atoms with Crippen LogP contribution in [0.25, 0.3) is 0 Å². The van der Waals surface area contributed by atoms with Crippen molar-refractivity contribution in [1.82, 2.24) is 4.98 Å². The fourth-order valence-corrected chi connectivity index (χ4v) is 0.864. The summed E-state index contributed by atoms with van der Waals surface area (Å²) in [5.74, 6) is -2.87. The van der Waals surface area contributed by atoms with Crippen LogP contribution in [-0.4, -0.2) is 21.2 Å². The molecule has 1 aromatic rings. The third-order valence-electron chi connectivity index (χ3n) is 1.50. The number of aromatic carboxylic acids is 1. The highest BCUT2D eigenvalue weighted by atomic mass is 19.3. The van der Waals surface area contributed by atoms with Crippen LogP contribution in [0.1, 0.15) is 22.5 Å². The molecule has 0 saturated carbocycles. The van der Waals surface area contributed by atoms with Gasteiger partial charge in [-0.25, -0.2) is 18.6 Å². The maximum absolute atomic E-state index is 12.1. The van der Waals surface area contributed by atoms with Crippen molar-refractivity contribution in [2.24, 2.45) is 0 Å². The number of aromatic nitrogens is 1. The normalized spacial score (nSPS) is 10.5. The van der Waals surface area contributed by atoms with E-state index < -0.39 is 35.2 Å². The summed E-state index contributed by atoms with van der Waals surface area (Å²) in [6.45, 7) is 0. The molecule has 1 aromatic heterocycles. The standard InChI is InChI=1S/C7H6F2N2O3/c8-5(9)4-3(12)1-2(7(13)14)6(10)11-4/h1,5,12H,(H2,10,11)(H,13,14). The third kappa shape index (κ3) is 1.70. The molecule has 0 aliphatic rings.